The van der Waals surface area contributed by atoms with Gasteiger partial charge in [-0.15, -0.1) is 0 Å². The molecule has 2 aromatic rings. The SMILES string of the molecule is COc1cccc(NC(=O)C[NH2+][C@H](C)c2ccc(OC)c(Br)c2)c1. The van der Waals surface area contributed by atoms with Gasteiger partial charge in [0.05, 0.1) is 18.7 Å². The number of anilines is 1. The van der Waals surface area contributed by atoms with Crippen molar-refractivity contribution in [2.75, 3.05) is 26.1 Å². The number of hydrogen-bond acceptors (Lipinski definition) is 3. The number of halogens is 1. The molecule has 0 heterocycles. The Hall–Kier alpha value is -2.05. The van der Waals surface area contributed by atoms with E-state index in [1.807, 2.05) is 41.7 Å². The highest BCUT2D eigenvalue weighted by atomic mass is 79.9. The summed E-state index contributed by atoms with van der Waals surface area (Å²) >= 11 is 3.48. The summed E-state index contributed by atoms with van der Waals surface area (Å²) in [4.78, 5) is 12.1. The van der Waals surface area contributed by atoms with Gasteiger partial charge in [0.2, 0.25) is 0 Å². The van der Waals surface area contributed by atoms with Crippen LogP contribution in [0, 0.1) is 0 Å². The lowest BCUT2D eigenvalue weighted by atomic mass is 10.1. The van der Waals surface area contributed by atoms with Crippen molar-refractivity contribution in [2.24, 2.45) is 0 Å². The lowest BCUT2D eigenvalue weighted by Gasteiger charge is -2.13. The number of nitrogens with two attached hydrogens (primary N) is 1. The fourth-order valence-corrected chi connectivity index (χ4v) is 2.86. The van der Waals surface area contributed by atoms with Crippen molar-refractivity contribution in [3.63, 3.8) is 0 Å². The van der Waals surface area contributed by atoms with Gasteiger partial charge in [-0.3, -0.25) is 4.79 Å². The quantitative estimate of drug-likeness (QED) is 0.759. The van der Waals surface area contributed by atoms with E-state index < -0.39 is 0 Å². The predicted molar refractivity (Wildman–Crippen MR) is 97.5 cm³/mol. The van der Waals surface area contributed by atoms with Crippen molar-refractivity contribution >= 4 is 27.5 Å². The highest BCUT2D eigenvalue weighted by Gasteiger charge is 2.13. The summed E-state index contributed by atoms with van der Waals surface area (Å²) in [5.74, 6) is 1.46. The van der Waals surface area contributed by atoms with Crippen LogP contribution < -0.4 is 20.1 Å². The van der Waals surface area contributed by atoms with Gasteiger partial charge in [0.15, 0.2) is 6.54 Å². The molecule has 0 bridgehead atoms. The van der Waals surface area contributed by atoms with Gasteiger partial charge in [0, 0.05) is 17.3 Å². The third-order valence-corrected chi connectivity index (χ3v) is 4.33. The fourth-order valence-electron chi connectivity index (χ4n) is 2.30. The summed E-state index contributed by atoms with van der Waals surface area (Å²) in [6.45, 7) is 2.40. The molecule has 128 valence electrons. The third-order valence-electron chi connectivity index (χ3n) is 3.71. The first-order valence-corrected chi connectivity index (χ1v) is 8.43. The van der Waals surface area contributed by atoms with Gasteiger partial charge in [-0.2, -0.15) is 0 Å². The molecule has 0 aliphatic rings. The lowest BCUT2D eigenvalue weighted by Crippen LogP contribution is -2.86. The molecule has 0 aromatic heterocycles. The molecular weight excluding hydrogens is 372 g/mol. The zero-order chi connectivity index (χ0) is 17.5. The number of carbonyl (C=O) groups is 1. The van der Waals surface area contributed by atoms with E-state index >= 15 is 0 Å². The summed E-state index contributed by atoms with van der Waals surface area (Å²) in [6.07, 6.45) is 0. The Morgan fingerprint density at radius 1 is 1.21 bits per heavy atom. The number of hydrogen-bond donors (Lipinski definition) is 2. The minimum absolute atomic E-state index is 0.0531. The van der Waals surface area contributed by atoms with Crippen molar-refractivity contribution in [3.05, 3.63) is 52.5 Å². The number of amides is 1. The Morgan fingerprint density at radius 2 is 2.00 bits per heavy atom. The van der Waals surface area contributed by atoms with Gasteiger partial charge in [0.25, 0.3) is 5.91 Å². The van der Waals surface area contributed by atoms with E-state index in [4.69, 9.17) is 9.47 Å². The Morgan fingerprint density at radius 3 is 2.67 bits per heavy atom. The number of benzene rings is 2. The number of methoxy groups -OCH3 is 2. The van der Waals surface area contributed by atoms with Crippen LogP contribution in [0.15, 0.2) is 46.9 Å². The number of ether oxygens (including phenoxy) is 2. The van der Waals surface area contributed by atoms with E-state index in [1.165, 1.54) is 0 Å². The first-order chi connectivity index (χ1) is 11.5. The molecule has 0 unspecified atom stereocenters. The van der Waals surface area contributed by atoms with Gasteiger partial charge >= 0.3 is 0 Å². The van der Waals surface area contributed by atoms with Crippen LogP contribution in [-0.2, 0) is 4.79 Å². The summed E-state index contributed by atoms with van der Waals surface area (Å²) in [5, 5.41) is 4.86. The van der Waals surface area contributed by atoms with Crippen molar-refractivity contribution in [3.8, 4) is 11.5 Å². The molecule has 2 rings (SSSR count). The monoisotopic (exact) mass is 393 g/mol. The molecule has 0 aliphatic heterocycles. The molecule has 24 heavy (non-hydrogen) atoms. The van der Waals surface area contributed by atoms with Crippen molar-refractivity contribution in [1.29, 1.82) is 0 Å². The van der Waals surface area contributed by atoms with Crippen molar-refractivity contribution in [1.82, 2.24) is 0 Å². The van der Waals surface area contributed by atoms with Gasteiger partial charge in [-0.25, -0.2) is 0 Å². The van der Waals surface area contributed by atoms with Crippen molar-refractivity contribution < 1.29 is 19.6 Å². The molecule has 6 heteroatoms. The maximum atomic E-state index is 12.1. The largest absolute Gasteiger partial charge is 0.497 e. The molecule has 0 saturated heterocycles. The summed E-state index contributed by atoms with van der Waals surface area (Å²) < 4.78 is 11.3. The smallest absolute Gasteiger partial charge is 0.279 e. The van der Waals surface area contributed by atoms with E-state index in [-0.39, 0.29) is 11.9 Å². The predicted octanol–water partition coefficient (Wildman–Crippen LogP) is 2.73. The van der Waals surface area contributed by atoms with E-state index in [9.17, 15) is 4.79 Å². The van der Waals surface area contributed by atoms with Gasteiger partial charge < -0.3 is 20.1 Å². The van der Waals surface area contributed by atoms with Crippen LogP contribution in [-0.4, -0.2) is 26.7 Å². The van der Waals surface area contributed by atoms with E-state index in [0.717, 1.165) is 21.5 Å². The molecular formula is C18H22BrN2O3+. The maximum Gasteiger partial charge on any atom is 0.279 e. The average molecular weight is 394 g/mol. The van der Waals surface area contributed by atoms with Crippen LogP contribution in [0.1, 0.15) is 18.5 Å². The zero-order valence-electron chi connectivity index (χ0n) is 14.0. The van der Waals surface area contributed by atoms with Gasteiger partial charge in [-0.05, 0) is 53.2 Å². The number of rotatable bonds is 7. The van der Waals surface area contributed by atoms with Crippen LogP contribution in [0.2, 0.25) is 0 Å². The van der Waals surface area contributed by atoms with Crippen molar-refractivity contribution in [2.45, 2.75) is 13.0 Å². The highest BCUT2D eigenvalue weighted by molar-refractivity contribution is 9.10. The first kappa shape index (κ1) is 18.3. The molecule has 0 saturated carbocycles. The van der Waals surface area contributed by atoms with Crippen LogP contribution in [0.4, 0.5) is 5.69 Å². The van der Waals surface area contributed by atoms with E-state index in [1.54, 1.807) is 20.3 Å². The minimum Gasteiger partial charge on any atom is -0.497 e. The average Bonchev–Trinajstić information content (AvgIpc) is 2.59. The third kappa shape index (κ3) is 4.97. The molecule has 3 N–H and O–H groups in total. The van der Waals surface area contributed by atoms with Crippen LogP contribution in [0.3, 0.4) is 0 Å². The number of carbonyl (C=O) groups excluding carboxylic acids is 1. The standard InChI is InChI=1S/C18H21BrN2O3/c1-12(13-7-8-17(24-3)16(19)9-13)20-11-18(22)21-14-5-4-6-15(10-14)23-2/h4-10,12,20H,11H2,1-3H3,(H,21,22)/p+1/t12-/m1/s1. The summed E-state index contributed by atoms with van der Waals surface area (Å²) in [5.41, 5.74) is 1.85. The topological polar surface area (TPSA) is 64.2 Å². The summed E-state index contributed by atoms with van der Waals surface area (Å²) in [7, 11) is 3.24. The molecule has 0 spiro atoms. The normalized spacial score (nSPS) is 11.7. The fraction of sp³-hybridized carbons (Fsp3) is 0.278. The van der Waals surface area contributed by atoms with Gasteiger partial charge in [0.1, 0.15) is 17.5 Å². The Bertz CT molecular complexity index is 706. The first-order valence-electron chi connectivity index (χ1n) is 7.64. The zero-order valence-corrected chi connectivity index (χ0v) is 15.6. The molecule has 2 aromatic carbocycles. The molecule has 0 aliphatic carbocycles. The summed E-state index contributed by atoms with van der Waals surface area (Å²) in [6, 6.07) is 13.4. The van der Waals surface area contributed by atoms with E-state index in [0.29, 0.717) is 12.3 Å². The maximum absolute atomic E-state index is 12.1. The van der Waals surface area contributed by atoms with Gasteiger partial charge in [-0.1, -0.05) is 6.07 Å². The van der Waals surface area contributed by atoms with Crippen LogP contribution in [0.25, 0.3) is 0 Å². The lowest BCUT2D eigenvalue weighted by molar-refractivity contribution is -0.682. The molecule has 1 atom stereocenters. The second-order valence-corrected chi connectivity index (χ2v) is 6.26. The second kappa shape index (κ2) is 8.70. The number of nitrogens with one attached hydrogen (secondary N) is 1. The Balaban J connectivity index is 1.89. The molecule has 1 amide bonds. The molecule has 0 radical (unpaired) electrons. The Labute approximate surface area is 150 Å². The van der Waals surface area contributed by atoms with Crippen LogP contribution >= 0.6 is 15.9 Å². The second-order valence-electron chi connectivity index (χ2n) is 5.40. The van der Waals surface area contributed by atoms with E-state index in [2.05, 4.69) is 28.2 Å². The van der Waals surface area contributed by atoms with Crippen LogP contribution in [0.5, 0.6) is 11.5 Å². The highest BCUT2D eigenvalue weighted by Crippen LogP contribution is 2.27. The molecule has 0 fully saturated rings. The number of quaternary nitrogens is 1. The minimum atomic E-state index is -0.0531. The molecule has 5 nitrogen and oxygen atoms in total. The Kier molecular flexibility index (Phi) is 6.63.